The van der Waals surface area contributed by atoms with E-state index in [0.29, 0.717) is 10.6 Å². The fourth-order valence-corrected chi connectivity index (χ4v) is 3.72. The second-order valence-electron chi connectivity index (χ2n) is 7.07. The minimum atomic E-state index is -0.390. The summed E-state index contributed by atoms with van der Waals surface area (Å²) >= 11 is 5.81. The van der Waals surface area contributed by atoms with E-state index in [4.69, 9.17) is 11.6 Å². The molecule has 3 aromatic rings. The first-order chi connectivity index (χ1) is 14.0. The summed E-state index contributed by atoms with van der Waals surface area (Å²) < 4.78 is 0. The van der Waals surface area contributed by atoms with Gasteiger partial charge in [0.15, 0.2) is 0 Å². The first kappa shape index (κ1) is 19.2. The quantitative estimate of drug-likeness (QED) is 0.499. The summed E-state index contributed by atoms with van der Waals surface area (Å²) in [7, 11) is 0. The number of amides is 2. The molecule has 0 fully saturated rings. The van der Waals surface area contributed by atoms with Gasteiger partial charge < -0.3 is 5.32 Å². The number of nitrogens with zero attached hydrogens (tertiary/aromatic N) is 1. The third-order valence-electron chi connectivity index (χ3n) is 5.09. The van der Waals surface area contributed by atoms with Crippen LogP contribution in [0, 0.1) is 0 Å². The predicted molar refractivity (Wildman–Crippen MR) is 115 cm³/mol. The second-order valence-corrected chi connectivity index (χ2v) is 7.51. The Labute approximate surface area is 173 Å². The molecular formula is C23H20ClN3O2. The lowest BCUT2D eigenvalue weighted by Crippen LogP contribution is -2.35. The Morgan fingerprint density at radius 1 is 1.00 bits per heavy atom. The molecule has 6 heteroatoms. The second kappa shape index (κ2) is 8.05. The zero-order chi connectivity index (χ0) is 20.4. The number of benzene rings is 3. The Bertz CT molecular complexity index is 1140. The number of carbonyl (C=O) groups excluding carboxylic acids is 2. The molecule has 0 aliphatic heterocycles. The van der Waals surface area contributed by atoms with Crippen molar-refractivity contribution in [2.75, 3.05) is 6.54 Å². The van der Waals surface area contributed by atoms with E-state index in [2.05, 4.69) is 46.2 Å². The van der Waals surface area contributed by atoms with Crippen molar-refractivity contribution in [3.05, 3.63) is 81.9 Å². The van der Waals surface area contributed by atoms with Crippen LogP contribution in [0.5, 0.6) is 0 Å². The number of hydrogen-bond acceptors (Lipinski definition) is 3. The van der Waals surface area contributed by atoms with E-state index < -0.39 is 0 Å². The minimum Gasteiger partial charge on any atom is -0.343 e. The highest BCUT2D eigenvalue weighted by molar-refractivity contribution is 6.30. The van der Waals surface area contributed by atoms with Crippen molar-refractivity contribution >= 4 is 39.9 Å². The molecule has 5 nitrogen and oxygen atoms in total. The van der Waals surface area contributed by atoms with Crippen molar-refractivity contribution in [3.8, 4) is 0 Å². The molecule has 0 unspecified atom stereocenters. The summed E-state index contributed by atoms with van der Waals surface area (Å²) in [4.78, 5) is 24.1. The van der Waals surface area contributed by atoms with Gasteiger partial charge in [-0.25, -0.2) is 5.43 Å². The lowest BCUT2D eigenvalue weighted by molar-refractivity contribution is -0.120. The maximum Gasteiger partial charge on any atom is 0.259 e. The number of carbonyl (C=O) groups is 2. The molecule has 0 aromatic heterocycles. The van der Waals surface area contributed by atoms with E-state index in [0.717, 1.165) is 24.1 Å². The Balaban J connectivity index is 1.39. The molecule has 29 heavy (non-hydrogen) atoms. The van der Waals surface area contributed by atoms with Gasteiger partial charge in [-0.05, 0) is 83.6 Å². The normalized spacial score (nSPS) is 12.8. The van der Waals surface area contributed by atoms with Gasteiger partial charge in [0.2, 0.25) is 0 Å². The summed E-state index contributed by atoms with van der Waals surface area (Å²) in [5.41, 5.74) is 7.37. The van der Waals surface area contributed by atoms with E-state index in [-0.39, 0.29) is 18.4 Å². The average molecular weight is 406 g/mol. The monoisotopic (exact) mass is 405 g/mol. The van der Waals surface area contributed by atoms with Crippen molar-refractivity contribution in [1.29, 1.82) is 0 Å². The van der Waals surface area contributed by atoms with Crippen LogP contribution in [0.3, 0.4) is 0 Å². The third kappa shape index (κ3) is 4.15. The molecule has 0 saturated carbocycles. The van der Waals surface area contributed by atoms with Gasteiger partial charge >= 0.3 is 0 Å². The fraction of sp³-hybridized carbons (Fsp3) is 0.174. The Morgan fingerprint density at radius 3 is 2.55 bits per heavy atom. The maximum absolute atomic E-state index is 12.1. The Morgan fingerprint density at radius 2 is 1.76 bits per heavy atom. The fourth-order valence-electron chi connectivity index (χ4n) is 3.60. The summed E-state index contributed by atoms with van der Waals surface area (Å²) in [5, 5.41) is 9.86. The van der Waals surface area contributed by atoms with Gasteiger partial charge in [0.1, 0.15) is 0 Å². The molecule has 3 aromatic carbocycles. The van der Waals surface area contributed by atoms with E-state index in [1.165, 1.54) is 21.9 Å². The number of rotatable bonds is 5. The summed E-state index contributed by atoms with van der Waals surface area (Å²) in [6.07, 6.45) is 2.09. The highest BCUT2D eigenvalue weighted by atomic mass is 35.5. The highest BCUT2D eigenvalue weighted by Crippen LogP contribution is 2.31. The number of hydrazone groups is 1. The van der Waals surface area contributed by atoms with Crippen LogP contribution < -0.4 is 10.7 Å². The molecular weight excluding hydrogens is 386 g/mol. The number of hydrogen-bond donors (Lipinski definition) is 2. The van der Waals surface area contributed by atoms with Crippen LogP contribution in [0.25, 0.3) is 10.8 Å². The van der Waals surface area contributed by atoms with Crippen LogP contribution in [0.2, 0.25) is 5.02 Å². The van der Waals surface area contributed by atoms with Crippen LogP contribution in [0.4, 0.5) is 0 Å². The van der Waals surface area contributed by atoms with Crippen molar-refractivity contribution in [1.82, 2.24) is 10.7 Å². The molecule has 0 atom stereocenters. The van der Waals surface area contributed by atoms with Gasteiger partial charge in [-0.3, -0.25) is 9.59 Å². The minimum absolute atomic E-state index is 0.162. The lowest BCUT2D eigenvalue weighted by Gasteiger charge is -2.08. The molecule has 4 rings (SSSR count). The molecule has 1 aliphatic carbocycles. The number of aryl methyl sites for hydroxylation is 2. The van der Waals surface area contributed by atoms with Gasteiger partial charge in [-0.1, -0.05) is 29.8 Å². The SMILES string of the molecule is CC(=NNC(=O)CNC(=O)c1ccc(Cl)cc1)c1cc2c3c(cccc3c1)CC2. The standard InChI is InChI=1S/C23H20ClN3O2/c1-14(19-11-17-4-2-3-15-5-6-18(12-19)22(15)17)26-27-21(28)13-25-23(29)16-7-9-20(24)10-8-16/h2-4,7-12H,5-6,13H2,1H3,(H,25,29)(H,27,28). The van der Waals surface area contributed by atoms with E-state index >= 15 is 0 Å². The number of nitrogens with one attached hydrogen (secondary N) is 2. The van der Waals surface area contributed by atoms with E-state index in [1.807, 2.05) is 6.92 Å². The summed E-state index contributed by atoms with van der Waals surface area (Å²) in [6, 6.07) is 17.1. The van der Waals surface area contributed by atoms with Crippen LogP contribution in [0.15, 0.2) is 59.7 Å². The Hall–Kier alpha value is -3.18. The predicted octanol–water partition coefficient (Wildman–Crippen LogP) is 3.86. The molecule has 0 heterocycles. The first-order valence-electron chi connectivity index (χ1n) is 9.43. The van der Waals surface area contributed by atoms with Crippen LogP contribution in [-0.4, -0.2) is 24.1 Å². The lowest BCUT2D eigenvalue weighted by atomic mass is 10.00. The van der Waals surface area contributed by atoms with E-state index in [1.54, 1.807) is 24.3 Å². The van der Waals surface area contributed by atoms with Crippen LogP contribution in [0.1, 0.15) is 34.0 Å². The zero-order valence-corrected chi connectivity index (χ0v) is 16.7. The molecule has 0 saturated heterocycles. The molecule has 2 N–H and O–H groups in total. The Kier molecular flexibility index (Phi) is 5.32. The first-order valence-corrected chi connectivity index (χ1v) is 9.81. The molecule has 1 aliphatic rings. The molecule has 0 spiro atoms. The molecule has 0 radical (unpaired) electrons. The topological polar surface area (TPSA) is 70.6 Å². The highest BCUT2D eigenvalue weighted by Gasteiger charge is 2.15. The van der Waals surface area contributed by atoms with Crippen molar-refractivity contribution in [2.24, 2.45) is 5.10 Å². The summed E-state index contributed by atoms with van der Waals surface area (Å²) in [6.45, 7) is 1.70. The zero-order valence-electron chi connectivity index (χ0n) is 16.0. The smallest absolute Gasteiger partial charge is 0.259 e. The van der Waals surface area contributed by atoms with Gasteiger partial charge in [-0.15, -0.1) is 0 Å². The van der Waals surface area contributed by atoms with E-state index in [9.17, 15) is 9.59 Å². The van der Waals surface area contributed by atoms with Gasteiger partial charge in [-0.2, -0.15) is 5.10 Å². The van der Waals surface area contributed by atoms with Crippen LogP contribution in [-0.2, 0) is 17.6 Å². The van der Waals surface area contributed by atoms with Crippen molar-refractivity contribution in [3.63, 3.8) is 0 Å². The molecule has 0 bridgehead atoms. The van der Waals surface area contributed by atoms with Gasteiger partial charge in [0.05, 0.1) is 12.3 Å². The number of halogens is 1. The van der Waals surface area contributed by atoms with Crippen LogP contribution >= 0.6 is 11.6 Å². The average Bonchev–Trinajstić information content (AvgIpc) is 3.15. The van der Waals surface area contributed by atoms with Gasteiger partial charge in [0.25, 0.3) is 11.8 Å². The largest absolute Gasteiger partial charge is 0.343 e. The third-order valence-corrected chi connectivity index (χ3v) is 5.34. The van der Waals surface area contributed by atoms with Crippen molar-refractivity contribution < 1.29 is 9.59 Å². The molecule has 146 valence electrons. The van der Waals surface area contributed by atoms with Crippen molar-refractivity contribution in [2.45, 2.75) is 19.8 Å². The molecule has 2 amide bonds. The maximum atomic E-state index is 12.1. The van der Waals surface area contributed by atoms with Gasteiger partial charge in [0, 0.05) is 10.6 Å². The summed E-state index contributed by atoms with van der Waals surface area (Å²) in [5.74, 6) is -0.731.